The van der Waals surface area contributed by atoms with E-state index in [1.54, 1.807) is 7.11 Å². The zero-order valence-corrected chi connectivity index (χ0v) is 11.5. The maximum absolute atomic E-state index is 8.63. The number of thioether (sulfide) groups is 1. The van der Waals surface area contributed by atoms with Crippen LogP contribution in [0.4, 0.5) is 0 Å². The van der Waals surface area contributed by atoms with Crippen LogP contribution >= 0.6 is 11.8 Å². The lowest BCUT2D eigenvalue weighted by atomic mass is 10.1. The molecule has 0 aliphatic heterocycles. The van der Waals surface area contributed by atoms with Crippen molar-refractivity contribution in [2.45, 2.75) is 38.6 Å². The third-order valence-electron chi connectivity index (χ3n) is 2.40. The Bertz CT molecular complexity index is 136. The molecule has 0 aromatic carbocycles. The van der Waals surface area contributed by atoms with Crippen LogP contribution in [0.3, 0.4) is 0 Å². The zero-order chi connectivity index (χ0) is 12.1. The number of methoxy groups -OCH3 is 1. The molecule has 16 heavy (non-hydrogen) atoms. The Hall–Kier alpha value is 0.230. The van der Waals surface area contributed by atoms with Crippen LogP contribution in [0, 0.1) is 0 Å². The van der Waals surface area contributed by atoms with Crippen LogP contribution in [0.1, 0.15) is 32.6 Å². The summed E-state index contributed by atoms with van der Waals surface area (Å²) in [6, 6.07) is 0.503. The number of nitrogens with one attached hydrogen (secondary N) is 1. The van der Waals surface area contributed by atoms with Gasteiger partial charge in [0, 0.05) is 32.1 Å². The molecule has 0 heterocycles. The highest BCUT2D eigenvalue weighted by molar-refractivity contribution is 7.99. The minimum Gasteiger partial charge on any atom is -0.396 e. The van der Waals surface area contributed by atoms with Crippen LogP contribution in [0.5, 0.6) is 0 Å². The Morgan fingerprint density at radius 3 is 2.75 bits per heavy atom. The number of unbranched alkanes of at least 4 members (excludes halogenated alkanes) is 1. The molecule has 0 spiro atoms. The molecular weight excluding hydrogens is 222 g/mol. The fourth-order valence-electron chi connectivity index (χ4n) is 1.50. The van der Waals surface area contributed by atoms with E-state index in [2.05, 4.69) is 12.2 Å². The molecule has 0 bridgehead atoms. The van der Waals surface area contributed by atoms with Crippen molar-refractivity contribution in [2.24, 2.45) is 0 Å². The van der Waals surface area contributed by atoms with Crippen molar-refractivity contribution in [3.63, 3.8) is 0 Å². The number of aliphatic hydroxyl groups excluding tert-OH is 1. The minimum absolute atomic E-state index is 0.309. The van der Waals surface area contributed by atoms with Crippen LogP contribution in [0.25, 0.3) is 0 Å². The summed E-state index contributed by atoms with van der Waals surface area (Å²) >= 11 is 1.90. The summed E-state index contributed by atoms with van der Waals surface area (Å²) < 4.78 is 5.19. The first-order valence-corrected chi connectivity index (χ1v) is 7.41. The van der Waals surface area contributed by atoms with Gasteiger partial charge in [-0.1, -0.05) is 19.8 Å². The van der Waals surface area contributed by atoms with Crippen molar-refractivity contribution < 1.29 is 9.84 Å². The summed E-state index contributed by atoms with van der Waals surface area (Å²) in [5.41, 5.74) is 0. The molecule has 0 radical (unpaired) electrons. The average molecular weight is 249 g/mol. The van der Waals surface area contributed by atoms with Crippen molar-refractivity contribution in [2.75, 3.05) is 38.4 Å². The maximum Gasteiger partial charge on any atom is 0.0615 e. The first-order chi connectivity index (χ1) is 7.85. The fraction of sp³-hybridized carbons (Fsp3) is 1.00. The predicted molar refractivity (Wildman–Crippen MR) is 72.2 cm³/mol. The number of aliphatic hydroxyl groups is 1. The third-order valence-corrected chi connectivity index (χ3v) is 3.47. The molecule has 1 atom stereocenters. The molecule has 0 amide bonds. The maximum atomic E-state index is 8.63. The van der Waals surface area contributed by atoms with E-state index in [0.29, 0.717) is 12.6 Å². The van der Waals surface area contributed by atoms with Crippen molar-refractivity contribution >= 4 is 11.8 Å². The molecule has 2 N–H and O–H groups in total. The average Bonchev–Trinajstić information content (AvgIpc) is 2.30. The highest BCUT2D eigenvalue weighted by Crippen LogP contribution is 2.03. The van der Waals surface area contributed by atoms with Crippen molar-refractivity contribution in [1.82, 2.24) is 5.32 Å². The van der Waals surface area contributed by atoms with Gasteiger partial charge in [0.05, 0.1) is 6.61 Å². The lowest BCUT2D eigenvalue weighted by molar-refractivity contribution is 0.162. The third kappa shape index (κ3) is 10.7. The Kier molecular flexibility index (Phi) is 13.5. The van der Waals surface area contributed by atoms with E-state index in [1.807, 2.05) is 11.8 Å². The summed E-state index contributed by atoms with van der Waals surface area (Å²) in [7, 11) is 1.76. The van der Waals surface area contributed by atoms with Crippen LogP contribution < -0.4 is 5.32 Å². The minimum atomic E-state index is 0.309. The number of rotatable bonds is 12. The van der Waals surface area contributed by atoms with Crippen molar-refractivity contribution in [3.8, 4) is 0 Å². The van der Waals surface area contributed by atoms with Gasteiger partial charge in [-0.3, -0.25) is 0 Å². The van der Waals surface area contributed by atoms with Crippen molar-refractivity contribution in [1.29, 1.82) is 0 Å². The second-order valence-electron chi connectivity index (χ2n) is 3.94. The molecule has 1 unspecified atom stereocenters. The molecule has 0 aromatic rings. The van der Waals surface area contributed by atoms with Gasteiger partial charge in [0.15, 0.2) is 0 Å². The van der Waals surface area contributed by atoms with E-state index in [0.717, 1.165) is 31.1 Å². The molecule has 0 saturated heterocycles. The largest absolute Gasteiger partial charge is 0.396 e. The van der Waals surface area contributed by atoms with Gasteiger partial charge in [0.1, 0.15) is 0 Å². The molecule has 0 aromatic heterocycles. The van der Waals surface area contributed by atoms with Crippen LogP contribution in [0.2, 0.25) is 0 Å². The second kappa shape index (κ2) is 13.3. The SMILES string of the molecule is CCCCC(COC)NCCSCCCO. The van der Waals surface area contributed by atoms with Gasteiger partial charge in [-0.2, -0.15) is 11.8 Å². The summed E-state index contributed by atoms with van der Waals surface area (Å²) in [5.74, 6) is 2.18. The molecule has 3 nitrogen and oxygen atoms in total. The molecule has 0 rings (SSSR count). The van der Waals surface area contributed by atoms with Gasteiger partial charge in [0.2, 0.25) is 0 Å². The molecule has 0 aliphatic carbocycles. The molecular formula is C12H27NO2S. The van der Waals surface area contributed by atoms with Crippen LogP contribution in [-0.4, -0.2) is 49.5 Å². The van der Waals surface area contributed by atoms with Gasteiger partial charge < -0.3 is 15.2 Å². The molecule has 0 fully saturated rings. The van der Waals surface area contributed by atoms with Crippen LogP contribution in [-0.2, 0) is 4.74 Å². The van der Waals surface area contributed by atoms with E-state index < -0.39 is 0 Å². The molecule has 0 saturated carbocycles. The Morgan fingerprint density at radius 1 is 1.31 bits per heavy atom. The topological polar surface area (TPSA) is 41.5 Å². The van der Waals surface area contributed by atoms with E-state index in [1.165, 1.54) is 19.3 Å². The van der Waals surface area contributed by atoms with E-state index >= 15 is 0 Å². The van der Waals surface area contributed by atoms with E-state index in [-0.39, 0.29) is 0 Å². The number of hydrogen-bond acceptors (Lipinski definition) is 4. The Morgan fingerprint density at radius 2 is 2.12 bits per heavy atom. The highest BCUT2D eigenvalue weighted by atomic mass is 32.2. The number of ether oxygens (including phenoxy) is 1. The Labute approximate surface area is 104 Å². The molecule has 98 valence electrons. The fourth-order valence-corrected chi connectivity index (χ4v) is 2.30. The van der Waals surface area contributed by atoms with Crippen molar-refractivity contribution in [3.05, 3.63) is 0 Å². The normalized spacial score (nSPS) is 12.9. The lowest BCUT2D eigenvalue weighted by Crippen LogP contribution is -2.34. The number of hydrogen-bond donors (Lipinski definition) is 2. The van der Waals surface area contributed by atoms with Gasteiger partial charge >= 0.3 is 0 Å². The predicted octanol–water partition coefficient (Wildman–Crippen LogP) is 1.90. The van der Waals surface area contributed by atoms with Gasteiger partial charge in [0.25, 0.3) is 0 Å². The first-order valence-electron chi connectivity index (χ1n) is 6.26. The Balaban J connectivity index is 3.36. The lowest BCUT2D eigenvalue weighted by Gasteiger charge is -2.17. The first kappa shape index (κ1) is 16.2. The summed E-state index contributed by atoms with van der Waals surface area (Å²) in [6.45, 7) is 4.37. The smallest absolute Gasteiger partial charge is 0.0615 e. The zero-order valence-electron chi connectivity index (χ0n) is 10.7. The van der Waals surface area contributed by atoms with Crippen LogP contribution in [0.15, 0.2) is 0 Å². The molecule has 0 aliphatic rings. The summed E-state index contributed by atoms with van der Waals surface area (Å²) in [5, 5.41) is 12.2. The monoisotopic (exact) mass is 249 g/mol. The quantitative estimate of drug-likeness (QED) is 0.518. The summed E-state index contributed by atoms with van der Waals surface area (Å²) in [4.78, 5) is 0. The van der Waals surface area contributed by atoms with E-state index in [4.69, 9.17) is 9.84 Å². The molecule has 4 heteroatoms. The standard InChI is InChI=1S/C12H27NO2S/c1-3-4-6-12(11-15-2)13-7-10-16-9-5-8-14/h12-14H,3-11H2,1-2H3. The van der Waals surface area contributed by atoms with Gasteiger partial charge in [-0.25, -0.2) is 0 Å². The van der Waals surface area contributed by atoms with Gasteiger partial charge in [-0.15, -0.1) is 0 Å². The second-order valence-corrected chi connectivity index (χ2v) is 5.16. The van der Waals surface area contributed by atoms with Gasteiger partial charge in [-0.05, 0) is 18.6 Å². The highest BCUT2D eigenvalue weighted by Gasteiger charge is 2.06. The van der Waals surface area contributed by atoms with E-state index in [9.17, 15) is 0 Å². The summed E-state index contributed by atoms with van der Waals surface area (Å²) in [6.07, 6.45) is 4.61.